The summed E-state index contributed by atoms with van der Waals surface area (Å²) >= 11 is 4.99. The zero-order valence-corrected chi connectivity index (χ0v) is 15.3. The molecule has 0 atom stereocenters. The number of hydrogen-bond acceptors (Lipinski definition) is 6. The van der Waals surface area contributed by atoms with Crippen molar-refractivity contribution in [1.82, 2.24) is 10.2 Å². The molecule has 3 N–H and O–H groups in total. The van der Waals surface area contributed by atoms with Gasteiger partial charge in [0, 0.05) is 26.4 Å². The van der Waals surface area contributed by atoms with Crippen molar-refractivity contribution in [2.45, 2.75) is 20.6 Å². The maximum absolute atomic E-state index is 10.7. The summed E-state index contributed by atoms with van der Waals surface area (Å²) in [6.07, 6.45) is 5.01. The molecule has 8 heteroatoms. The van der Waals surface area contributed by atoms with Gasteiger partial charge in [0.2, 0.25) is 0 Å². The summed E-state index contributed by atoms with van der Waals surface area (Å²) in [5, 5.41) is 6.87. The summed E-state index contributed by atoms with van der Waals surface area (Å²) in [7, 11) is 0. The van der Waals surface area contributed by atoms with Crippen LogP contribution in [0, 0.1) is 0 Å². The van der Waals surface area contributed by atoms with Crippen LogP contribution in [0.2, 0.25) is 0 Å². The van der Waals surface area contributed by atoms with Gasteiger partial charge in [-0.3, -0.25) is 5.10 Å². The number of benzene rings is 1. The van der Waals surface area contributed by atoms with Gasteiger partial charge in [-0.2, -0.15) is 5.10 Å². The highest BCUT2D eigenvalue weighted by atomic mass is 32.2. The number of aromatic amines is 1. The van der Waals surface area contributed by atoms with E-state index in [-0.39, 0.29) is 6.61 Å². The summed E-state index contributed by atoms with van der Waals surface area (Å²) < 4.78 is 5.96. The number of thioether (sulfide) groups is 1. The fraction of sp³-hybridized carbons (Fsp3) is 0.125. The second-order valence-electron chi connectivity index (χ2n) is 4.81. The molecular weight excluding hydrogens is 362 g/mol. The fourth-order valence-corrected chi connectivity index (χ4v) is 4.80. The molecule has 0 fully saturated rings. The molecule has 3 aromatic rings. The van der Waals surface area contributed by atoms with Crippen molar-refractivity contribution in [2.24, 2.45) is 5.73 Å². The third-order valence-corrected chi connectivity index (χ3v) is 6.03. The lowest BCUT2D eigenvalue weighted by molar-refractivity contribution is 0.151. The van der Waals surface area contributed by atoms with E-state index in [4.69, 9.17) is 10.5 Å². The maximum atomic E-state index is 10.7. The van der Waals surface area contributed by atoms with Crippen LogP contribution in [0.1, 0.15) is 4.88 Å². The number of ether oxygens (including phenoxy) is 1. The number of nitrogens with zero attached hydrogens (tertiary/aromatic N) is 1. The van der Waals surface area contributed by atoms with Crippen LogP contribution in [0.4, 0.5) is 4.79 Å². The van der Waals surface area contributed by atoms with Gasteiger partial charge in [-0.05, 0) is 42.2 Å². The lowest BCUT2D eigenvalue weighted by Gasteiger charge is -2.06. The van der Waals surface area contributed by atoms with Crippen molar-refractivity contribution >= 4 is 41.0 Å². The summed E-state index contributed by atoms with van der Waals surface area (Å²) in [6.45, 7) is 0.214. The first-order valence-electron chi connectivity index (χ1n) is 7.01. The highest BCUT2D eigenvalue weighted by Gasteiger charge is 2.08. The molecular formula is C16H15N3O2S3. The lowest BCUT2D eigenvalue weighted by Crippen LogP contribution is -2.11. The predicted molar refractivity (Wildman–Crippen MR) is 98.6 cm³/mol. The zero-order chi connectivity index (χ0) is 16.9. The van der Waals surface area contributed by atoms with Crippen molar-refractivity contribution in [3.05, 3.63) is 47.6 Å². The highest BCUT2D eigenvalue weighted by molar-refractivity contribution is 8.01. The number of rotatable bonds is 6. The van der Waals surface area contributed by atoms with E-state index in [2.05, 4.69) is 34.7 Å². The molecule has 0 saturated carbocycles. The first kappa shape index (κ1) is 16.9. The molecule has 0 spiro atoms. The number of nitrogens with two attached hydrogens (primary N) is 1. The average Bonchev–Trinajstić information content (AvgIpc) is 3.24. The summed E-state index contributed by atoms with van der Waals surface area (Å²) in [5.74, 6) is 0. The molecule has 0 bridgehead atoms. The van der Waals surface area contributed by atoms with Gasteiger partial charge in [0.05, 0.1) is 10.4 Å². The monoisotopic (exact) mass is 377 g/mol. The summed E-state index contributed by atoms with van der Waals surface area (Å²) in [4.78, 5) is 14.0. The number of nitrogens with one attached hydrogen (secondary N) is 1. The molecule has 2 heterocycles. The smallest absolute Gasteiger partial charge is 0.404 e. The van der Waals surface area contributed by atoms with E-state index < -0.39 is 6.09 Å². The second-order valence-corrected chi connectivity index (χ2v) is 8.24. The van der Waals surface area contributed by atoms with Crippen LogP contribution in [-0.4, -0.2) is 22.5 Å². The predicted octanol–water partition coefficient (Wildman–Crippen LogP) is 4.61. The molecule has 0 aliphatic heterocycles. The van der Waals surface area contributed by atoms with E-state index in [1.807, 2.05) is 24.5 Å². The topological polar surface area (TPSA) is 81.0 Å². The Morgan fingerprint density at radius 1 is 1.29 bits per heavy atom. The largest absolute Gasteiger partial charge is 0.444 e. The number of carbonyl (C=O) groups excluding carboxylic acids is 1. The number of thiophene rings is 1. The molecule has 1 aromatic carbocycles. The third kappa shape index (κ3) is 4.34. The molecule has 0 saturated heterocycles. The van der Waals surface area contributed by atoms with Gasteiger partial charge in [-0.1, -0.05) is 11.8 Å². The van der Waals surface area contributed by atoms with Crippen LogP contribution in [-0.2, 0) is 11.3 Å². The van der Waals surface area contributed by atoms with Gasteiger partial charge in [0.15, 0.2) is 0 Å². The quantitative estimate of drug-likeness (QED) is 0.613. The van der Waals surface area contributed by atoms with Crippen molar-refractivity contribution < 1.29 is 9.53 Å². The Balaban J connectivity index is 1.79. The number of carbonyl (C=O) groups is 1. The van der Waals surface area contributed by atoms with E-state index in [9.17, 15) is 4.79 Å². The Labute approximate surface area is 152 Å². The van der Waals surface area contributed by atoms with Gasteiger partial charge in [-0.15, -0.1) is 23.1 Å². The van der Waals surface area contributed by atoms with Crippen LogP contribution in [0.15, 0.2) is 56.7 Å². The van der Waals surface area contributed by atoms with Crippen LogP contribution in [0.25, 0.3) is 11.1 Å². The van der Waals surface area contributed by atoms with Crippen molar-refractivity contribution in [2.75, 3.05) is 6.26 Å². The van der Waals surface area contributed by atoms with Gasteiger partial charge >= 0.3 is 6.09 Å². The lowest BCUT2D eigenvalue weighted by atomic mass is 10.1. The molecule has 124 valence electrons. The molecule has 5 nitrogen and oxygen atoms in total. The van der Waals surface area contributed by atoms with E-state index in [0.717, 1.165) is 25.1 Å². The van der Waals surface area contributed by atoms with E-state index in [0.29, 0.717) is 0 Å². The molecule has 3 rings (SSSR count). The number of aromatic nitrogens is 2. The number of amides is 1. The van der Waals surface area contributed by atoms with Crippen molar-refractivity contribution in [3.63, 3.8) is 0 Å². The second kappa shape index (κ2) is 7.78. The Morgan fingerprint density at radius 2 is 2.12 bits per heavy atom. The highest BCUT2D eigenvalue weighted by Crippen LogP contribution is 2.37. The molecule has 0 unspecified atom stereocenters. The third-order valence-electron chi connectivity index (χ3n) is 3.16. The minimum atomic E-state index is -0.755. The molecule has 24 heavy (non-hydrogen) atoms. The SMILES string of the molecule is CSc1cc(Sc2ccc(COC(N)=O)s2)cc(-c2cn[nH]c2)c1. The first-order valence-corrected chi connectivity index (χ1v) is 9.87. The fourth-order valence-electron chi connectivity index (χ4n) is 2.07. The van der Waals surface area contributed by atoms with Crippen LogP contribution in [0.5, 0.6) is 0 Å². The van der Waals surface area contributed by atoms with E-state index in [1.54, 1.807) is 34.9 Å². The van der Waals surface area contributed by atoms with Crippen LogP contribution < -0.4 is 5.73 Å². The average molecular weight is 378 g/mol. The van der Waals surface area contributed by atoms with Crippen molar-refractivity contribution in [3.8, 4) is 11.1 Å². The number of primary amides is 1. The van der Waals surface area contributed by atoms with Gasteiger partial charge in [0.25, 0.3) is 0 Å². The van der Waals surface area contributed by atoms with E-state index >= 15 is 0 Å². The van der Waals surface area contributed by atoms with Gasteiger partial charge in [0.1, 0.15) is 6.61 Å². The Kier molecular flexibility index (Phi) is 5.49. The molecule has 0 aliphatic rings. The standard InChI is InChI=1S/C16H15N3O2S3/c1-22-13-4-10(11-7-18-19-8-11)5-14(6-13)24-15-3-2-12(23-15)9-21-16(17)20/h2-8H,9H2,1H3,(H2,17,20)(H,18,19). The normalized spacial score (nSPS) is 10.7. The van der Waals surface area contributed by atoms with E-state index in [1.165, 1.54) is 4.90 Å². The Morgan fingerprint density at radius 3 is 2.83 bits per heavy atom. The van der Waals surface area contributed by atoms with Crippen molar-refractivity contribution in [1.29, 1.82) is 0 Å². The Hall–Kier alpha value is -1.90. The summed E-state index contributed by atoms with van der Waals surface area (Å²) in [6, 6.07) is 10.4. The van der Waals surface area contributed by atoms with Crippen LogP contribution >= 0.6 is 34.9 Å². The minimum Gasteiger partial charge on any atom is -0.444 e. The minimum absolute atomic E-state index is 0.214. The molecule has 2 aromatic heterocycles. The molecule has 0 radical (unpaired) electrons. The molecule has 0 aliphatic carbocycles. The molecule has 1 amide bonds. The number of hydrogen-bond donors (Lipinski definition) is 2. The van der Waals surface area contributed by atoms with Gasteiger partial charge in [-0.25, -0.2) is 4.79 Å². The van der Waals surface area contributed by atoms with Crippen LogP contribution in [0.3, 0.4) is 0 Å². The Bertz CT molecular complexity index is 831. The van der Waals surface area contributed by atoms with Gasteiger partial charge < -0.3 is 10.5 Å². The zero-order valence-electron chi connectivity index (χ0n) is 12.8. The summed E-state index contributed by atoms with van der Waals surface area (Å²) in [5.41, 5.74) is 7.19. The number of H-pyrrole nitrogens is 1. The maximum Gasteiger partial charge on any atom is 0.404 e. The first-order chi connectivity index (χ1) is 11.6.